The van der Waals surface area contributed by atoms with Crippen molar-refractivity contribution in [3.8, 4) is 17.2 Å². The molecular weight excluding hydrogens is 320 g/mol. The minimum Gasteiger partial charge on any atom is -0.504 e. The van der Waals surface area contributed by atoms with Crippen LogP contribution in [0.25, 0.3) is 0 Å². The van der Waals surface area contributed by atoms with Crippen LogP contribution in [-0.4, -0.2) is 31.5 Å². The number of para-hydroxylation sites is 1. The lowest BCUT2D eigenvalue weighted by Gasteiger charge is -2.06. The van der Waals surface area contributed by atoms with E-state index in [-0.39, 0.29) is 22.0 Å². The van der Waals surface area contributed by atoms with Gasteiger partial charge in [-0.15, -0.1) is 0 Å². The number of hydrogen-bond donors (Lipinski definition) is 3. The van der Waals surface area contributed by atoms with Crippen LogP contribution in [0.15, 0.2) is 52.5 Å². The number of hydrazone groups is 1. The molecule has 0 atom stereocenters. The number of phenols is 2. The molecule has 0 saturated heterocycles. The van der Waals surface area contributed by atoms with E-state index in [4.69, 9.17) is 4.74 Å². The van der Waals surface area contributed by atoms with E-state index in [0.29, 0.717) is 12.4 Å². The first-order valence-corrected chi connectivity index (χ1v) is 8.21. The lowest BCUT2D eigenvalue weighted by atomic mass is 10.2. The van der Waals surface area contributed by atoms with Gasteiger partial charge in [0, 0.05) is 5.56 Å². The quantitative estimate of drug-likeness (QED) is 0.423. The third-order valence-corrected chi connectivity index (χ3v) is 4.11. The molecule has 0 aliphatic rings. The number of nitrogens with zero attached hydrogens (tertiary/aromatic N) is 1. The van der Waals surface area contributed by atoms with Gasteiger partial charge in [-0.25, -0.2) is 4.83 Å². The second-order valence-corrected chi connectivity index (χ2v) is 6.13. The topological polar surface area (TPSA) is 108 Å². The van der Waals surface area contributed by atoms with Gasteiger partial charge in [-0.2, -0.15) is 13.5 Å². The summed E-state index contributed by atoms with van der Waals surface area (Å²) in [6, 6.07) is 10.2. The molecule has 0 aliphatic carbocycles. The first-order valence-electron chi connectivity index (χ1n) is 6.72. The molecule has 0 fully saturated rings. The fourth-order valence-electron chi connectivity index (χ4n) is 1.75. The zero-order chi connectivity index (χ0) is 16.9. The van der Waals surface area contributed by atoms with Gasteiger partial charge < -0.3 is 14.9 Å². The Hall–Kier alpha value is -2.74. The number of rotatable bonds is 6. The van der Waals surface area contributed by atoms with E-state index in [1.165, 1.54) is 30.3 Å². The van der Waals surface area contributed by atoms with Gasteiger partial charge in [-0.1, -0.05) is 6.07 Å². The van der Waals surface area contributed by atoms with Crippen molar-refractivity contribution in [2.24, 2.45) is 5.10 Å². The third kappa shape index (κ3) is 4.13. The van der Waals surface area contributed by atoms with Crippen molar-refractivity contribution in [2.45, 2.75) is 11.8 Å². The number of phenolic OH excluding ortho intramolecular Hbond substituents is 2. The molecule has 0 amide bonds. The van der Waals surface area contributed by atoms with Gasteiger partial charge in [-0.3, -0.25) is 0 Å². The maximum absolute atomic E-state index is 12.1. The molecule has 0 saturated carbocycles. The van der Waals surface area contributed by atoms with Crippen LogP contribution in [0.2, 0.25) is 0 Å². The predicted molar refractivity (Wildman–Crippen MR) is 85.3 cm³/mol. The van der Waals surface area contributed by atoms with Crippen LogP contribution in [0.4, 0.5) is 0 Å². The summed E-state index contributed by atoms with van der Waals surface area (Å²) >= 11 is 0. The van der Waals surface area contributed by atoms with Crippen LogP contribution in [-0.2, 0) is 10.0 Å². The minimum atomic E-state index is -3.83. The molecule has 0 bridgehead atoms. The monoisotopic (exact) mass is 336 g/mol. The summed E-state index contributed by atoms with van der Waals surface area (Å²) in [6.45, 7) is 2.32. The summed E-state index contributed by atoms with van der Waals surface area (Å²) in [5.74, 6) is -0.125. The van der Waals surface area contributed by atoms with E-state index in [1.807, 2.05) is 11.8 Å². The normalized spacial score (nSPS) is 11.5. The standard InChI is InChI=1S/C15H16N2O5S/c1-2-22-12-6-8-13(9-7-12)23(20,21)17-16-10-11-4-3-5-14(18)15(11)19/h3-10,17-19H,2H2,1H3. The molecule has 8 heteroatoms. The largest absolute Gasteiger partial charge is 0.504 e. The van der Waals surface area contributed by atoms with Gasteiger partial charge in [0.15, 0.2) is 11.5 Å². The Balaban J connectivity index is 2.12. The summed E-state index contributed by atoms with van der Waals surface area (Å²) in [6.07, 6.45) is 1.10. The highest BCUT2D eigenvalue weighted by Crippen LogP contribution is 2.26. The van der Waals surface area contributed by atoms with Gasteiger partial charge >= 0.3 is 0 Å². The van der Waals surface area contributed by atoms with Gasteiger partial charge in [0.2, 0.25) is 0 Å². The lowest BCUT2D eigenvalue weighted by molar-refractivity contribution is 0.340. The zero-order valence-electron chi connectivity index (χ0n) is 12.3. The maximum Gasteiger partial charge on any atom is 0.276 e. The van der Waals surface area contributed by atoms with Gasteiger partial charge in [0.25, 0.3) is 10.0 Å². The smallest absolute Gasteiger partial charge is 0.276 e. The Morgan fingerprint density at radius 2 is 1.87 bits per heavy atom. The predicted octanol–water partition coefficient (Wildman–Crippen LogP) is 1.81. The van der Waals surface area contributed by atoms with Crippen LogP contribution in [0.5, 0.6) is 17.2 Å². The number of sulfonamides is 1. The summed E-state index contributed by atoms with van der Waals surface area (Å²) < 4.78 is 29.4. The Kier molecular flexibility index (Phi) is 5.07. The molecule has 0 aliphatic heterocycles. The number of nitrogens with one attached hydrogen (secondary N) is 1. The van der Waals surface area contributed by atoms with E-state index >= 15 is 0 Å². The number of benzene rings is 2. The summed E-state index contributed by atoms with van der Waals surface area (Å²) in [5, 5.41) is 22.5. The van der Waals surface area contributed by atoms with Crippen molar-refractivity contribution in [3.63, 3.8) is 0 Å². The first-order chi connectivity index (χ1) is 10.9. The highest BCUT2D eigenvalue weighted by atomic mass is 32.2. The van der Waals surface area contributed by atoms with E-state index in [1.54, 1.807) is 12.1 Å². The van der Waals surface area contributed by atoms with Gasteiger partial charge in [-0.05, 0) is 43.3 Å². The fourth-order valence-corrected chi connectivity index (χ4v) is 2.54. The Morgan fingerprint density at radius 1 is 1.17 bits per heavy atom. The average Bonchev–Trinajstić information content (AvgIpc) is 2.52. The van der Waals surface area contributed by atoms with E-state index < -0.39 is 10.0 Å². The molecule has 2 aromatic carbocycles. The zero-order valence-corrected chi connectivity index (χ0v) is 13.1. The van der Waals surface area contributed by atoms with Crippen molar-refractivity contribution in [3.05, 3.63) is 48.0 Å². The number of ether oxygens (including phenoxy) is 1. The molecule has 0 spiro atoms. The van der Waals surface area contributed by atoms with Crippen molar-refractivity contribution in [1.29, 1.82) is 0 Å². The summed E-state index contributed by atoms with van der Waals surface area (Å²) in [5.41, 5.74) is 0.180. The van der Waals surface area contributed by atoms with Crippen LogP contribution < -0.4 is 9.57 Å². The maximum atomic E-state index is 12.1. The molecule has 0 radical (unpaired) electrons. The highest BCUT2D eigenvalue weighted by Gasteiger charge is 2.12. The van der Waals surface area contributed by atoms with Crippen molar-refractivity contribution in [2.75, 3.05) is 6.61 Å². The van der Waals surface area contributed by atoms with Crippen molar-refractivity contribution < 1.29 is 23.4 Å². The van der Waals surface area contributed by atoms with Crippen LogP contribution in [0, 0.1) is 0 Å². The average molecular weight is 336 g/mol. The van der Waals surface area contributed by atoms with E-state index in [0.717, 1.165) is 6.21 Å². The van der Waals surface area contributed by atoms with Gasteiger partial charge in [0.05, 0.1) is 17.7 Å². The third-order valence-electron chi connectivity index (χ3n) is 2.87. The molecule has 0 heterocycles. The SMILES string of the molecule is CCOc1ccc(S(=O)(=O)NN=Cc2cccc(O)c2O)cc1. The summed E-state index contributed by atoms with van der Waals surface area (Å²) in [7, 11) is -3.83. The molecule has 2 rings (SSSR count). The fraction of sp³-hybridized carbons (Fsp3) is 0.133. The Morgan fingerprint density at radius 3 is 2.52 bits per heavy atom. The lowest BCUT2D eigenvalue weighted by Crippen LogP contribution is -2.18. The first kappa shape index (κ1) is 16.6. The summed E-state index contributed by atoms with van der Waals surface area (Å²) in [4.78, 5) is 2.06. The molecule has 7 nitrogen and oxygen atoms in total. The van der Waals surface area contributed by atoms with Crippen LogP contribution in [0.3, 0.4) is 0 Å². The highest BCUT2D eigenvalue weighted by molar-refractivity contribution is 7.89. The van der Waals surface area contributed by atoms with Crippen LogP contribution >= 0.6 is 0 Å². The molecule has 23 heavy (non-hydrogen) atoms. The molecule has 122 valence electrons. The molecular formula is C15H16N2O5S. The number of hydrogen-bond acceptors (Lipinski definition) is 6. The molecule has 0 aromatic heterocycles. The van der Waals surface area contributed by atoms with Crippen LogP contribution in [0.1, 0.15) is 12.5 Å². The number of aromatic hydroxyl groups is 2. The molecule has 0 unspecified atom stereocenters. The Bertz CT molecular complexity index is 801. The molecule has 2 aromatic rings. The molecule has 3 N–H and O–H groups in total. The second kappa shape index (κ2) is 7.01. The van der Waals surface area contributed by atoms with Crippen molar-refractivity contribution >= 4 is 16.2 Å². The van der Waals surface area contributed by atoms with E-state index in [9.17, 15) is 18.6 Å². The van der Waals surface area contributed by atoms with Crippen molar-refractivity contribution in [1.82, 2.24) is 4.83 Å². The van der Waals surface area contributed by atoms with Gasteiger partial charge in [0.1, 0.15) is 5.75 Å². The van der Waals surface area contributed by atoms with E-state index in [2.05, 4.69) is 5.10 Å². The Labute approximate surface area is 133 Å². The minimum absolute atomic E-state index is 0.0261. The second-order valence-electron chi connectivity index (χ2n) is 4.47.